The Kier molecular flexibility index (Phi) is 13.7. The summed E-state index contributed by atoms with van der Waals surface area (Å²) in [5.41, 5.74) is 6.18. The van der Waals surface area contributed by atoms with E-state index in [1.807, 2.05) is 6.92 Å². The standard InChI is InChI=1S/C54H63NO7S2/c1-6-8-10-16-33-22-26-35(27-23-33)50(56)61-46-41-42(44-38-19-13-15-21-40(38)54(44)39-20-14-12-18-37(39)43(41)54)47(62-51(57)36-28-24-34(25-29-36)17-11-9-7-2)49-48(46)63-53(64-49)45(55-4)52(58)60-31-30-32(3)59-5/h12-15,18-21,32-36,43-44H,6-11,16-17,22-31H2,1-3,5H3/t32?,33?,34?,35?,36?,43-,44+,54?. The van der Waals surface area contributed by atoms with E-state index in [1.165, 1.54) is 97.1 Å². The first-order valence-electron chi connectivity index (χ1n) is 24.3. The van der Waals surface area contributed by atoms with Gasteiger partial charge in [0, 0.05) is 41.9 Å². The second-order valence-corrected chi connectivity index (χ2v) is 21.5. The summed E-state index contributed by atoms with van der Waals surface area (Å²) in [6.45, 7) is 14.7. The molecule has 9 rings (SSSR count). The van der Waals surface area contributed by atoms with Crippen molar-refractivity contribution < 1.29 is 33.3 Å². The molecule has 2 unspecified atom stereocenters. The van der Waals surface area contributed by atoms with Crippen molar-refractivity contribution in [3.05, 3.63) is 103 Å². The highest BCUT2D eigenvalue weighted by molar-refractivity contribution is 8.24. The second-order valence-electron chi connectivity index (χ2n) is 19.2. The van der Waals surface area contributed by atoms with E-state index in [0.29, 0.717) is 43.8 Å². The largest absolute Gasteiger partial charge is 0.470 e. The lowest BCUT2D eigenvalue weighted by Crippen LogP contribution is -2.52. The first-order chi connectivity index (χ1) is 31.2. The lowest BCUT2D eigenvalue weighted by molar-refractivity contribution is -0.141. The lowest BCUT2D eigenvalue weighted by Gasteiger charge is -2.58. The maximum atomic E-state index is 14.7. The fraction of sp³-hybridized carbons (Fsp3) is 0.556. The van der Waals surface area contributed by atoms with Crippen molar-refractivity contribution in [3.63, 3.8) is 0 Å². The molecule has 6 aliphatic rings. The number of unbranched alkanes of at least 4 members (excludes halogenated alkanes) is 4. The molecule has 3 aromatic carbocycles. The van der Waals surface area contributed by atoms with E-state index in [2.05, 4.69) is 67.2 Å². The van der Waals surface area contributed by atoms with Gasteiger partial charge in [-0.05, 0) is 92.4 Å². The van der Waals surface area contributed by atoms with E-state index in [9.17, 15) is 14.4 Å². The van der Waals surface area contributed by atoms with Crippen LogP contribution in [-0.4, -0.2) is 37.7 Å². The van der Waals surface area contributed by atoms with Crippen LogP contribution in [0.4, 0.5) is 0 Å². The topological polar surface area (TPSA) is 92.5 Å². The van der Waals surface area contributed by atoms with E-state index in [4.69, 9.17) is 25.5 Å². The molecule has 1 spiro atoms. The summed E-state index contributed by atoms with van der Waals surface area (Å²) >= 11 is 2.54. The van der Waals surface area contributed by atoms with Gasteiger partial charge in [0.15, 0.2) is 0 Å². The monoisotopic (exact) mass is 901 g/mol. The fourth-order valence-corrected chi connectivity index (χ4v) is 14.6. The van der Waals surface area contributed by atoms with Crippen LogP contribution in [0.15, 0.2) is 68.3 Å². The van der Waals surface area contributed by atoms with E-state index < -0.39 is 11.4 Å². The SMILES string of the molecule is [C-]#[N+]C(C(=O)OCCC(C)OC)=C1Sc2c(OC(=O)C3CCC(CCCCC)CC3)c3c(c(OC(=O)C4CCC(CCCCC)CC4)c2S1)[C@@H]1c2ccccc2C12c1ccccc1[C@H]32. The number of esters is 3. The molecule has 10 heteroatoms. The highest BCUT2D eigenvalue weighted by atomic mass is 32.2. The van der Waals surface area contributed by atoms with E-state index >= 15 is 0 Å². The smallest absolute Gasteiger partial charge is 0.338 e. The Morgan fingerprint density at radius 3 is 1.62 bits per heavy atom. The quantitative estimate of drug-likeness (QED) is 0.0432. The van der Waals surface area contributed by atoms with Crippen LogP contribution in [0.2, 0.25) is 0 Å². The number of benzene rings is 3. The first-order valence-corrected chi connectivity index (χ1v) is 25.9. The molecule has 0 radical (unpaired) electrons. The van der Waals surface area contributed by atoms with E-state index in [-0.39, 0.29) is 54.0 Å². The predicted octanol–water partition coefficient (Wildman–Crippen LogP) is 13.4. The van der Waals surface area contributed by atoms with Crippen molar-refractivity contribution in [1.29, 1.82) is 0 Å². The Balaban J connectivity index is 1.14. The van der Waals surface area contributed by atoms with Gasteiger partial charge in [0.1, 0.15) is 11.5 Å². The molecular formula is C54H63NO7S2. The highest BCUT2D eigenvalue weighted by Gasteiger charge is 2.71. The first kappa shape index (κ1) is 45.1. The normalized spacial score (nSPS) is 26.9. The Morgan fingerprint density at radius 2 is 1.19 bits per heavy atom. The molecule has 4 atom stereocenters. The summed E-state index contributed by atoms with van der Waals surface area (Å²) in [7, 11) is 1.61. The summed E-state index contributed by atoms with van der Waals surface area (Å²) in [6, 6.07) is 17.2. The summed E-state index contributed by atoms with van der Waals surface area (Å²) < 4.78 is 25.2. The van der Waals surface area contributed by atoms with Crippen LogP contribution in [0.3, 0.4) is 0 Å². The minimum Gasteiger partial charge on any atom is -0.470 e. The Hall–Kier alpha value is -4.04. The number of hydrogen-bond donors (Lipinski definition) is 0. The molecule has 0 bridgehead atoms. The number of ether oxygens (including phenoxy) is 4. The third-order valence-electron chi connectivity index (χ3n) is 15.6. The fourth-order valence-electron chi connectivity index (χ4n) is 12.0. The van der Waals surface area contributed by atoms with Gasteiger partial charge in [0.05, 0.1) is 45.1 Å². The molecule has 5 aliphatic carbocycles. The number of fused-ring (bicyclic) bond motifs is 8. The van der Waals surface area contributed by atoms with Gasteiger partial charge in [-0.1, -0.05) is 137 Å². The number of nitrogens with zero attached hydrogens (tertiary/aromatic N) is 1. The minimum atomic E-state index is -0.711. The molecule has 338 valence electrons. The molecule has 64 heavy (non-hydrogen) atoms. The molecule has 0 saturated heterocycles. The van der Waals surface area contributed by atoms with Crippen LogP contribution in [0.1, 0.15) is 175 Å². The van der Waals surface area contributed by atoms with Crippen molar-refractivity contribution in [3.8, 4) is 11.5 Å². The van der Waals surface area contributed by atoms with Gasteiger partial charge in [-0.3, -0.25) is 14.4 Å². The lowest BCUT2D eigenvalue weighted by atomic mass is 9.43. The summed E-state index contributed by atoms with van der Waals surface area (Å²) in [4.78, 5) is 48.0. The van der Waals surface area contributed by atoms with Crippen LogP contribution in [-0.2, 0) is 29.3 Å². The molecule has 1 aliphatic heterocycles. The summed E-state index contributed by atoms with van der Waals surface area (Å²) in [5.74, 6) is 0.376. The second kappa shape index (κ2) is 19.4. The van der Waals surface area contributed by atoms with Crippen LogP contribution in [0, 0.1) is 30.2 Å². The Bertz CT molecular complexity index is 2210. The maximum Gasteiger partial charge on any atom is 0.338 e. The van der Waals surface area contributed by atoms with Gasteiger partial charge in [-0.25, -0.2) is 4.85 Å². The van der Waals surface area contributed by atoms with Crippen LogP contribution >= 0.6 is 23.5 Å². The van der Waals surface area contributed by atoms with Crippen molar-refractivity contribution in [2.45, 2.75) is 163 Å². The highest BCUT2D eigenvalue weighted by Crippen LogP contribution is 2.81. The van der Waals surface area contributed by atoms with Crippen LogP contribution < -0.4 is 9.47 Å². The van der Waals surface area contributed by atoms with Gasteiger partial charge >= 0.3 is 17.9 Å². The number of carbonyl (C=O) groups is 3. The molecular weight excluding hydrogens is 839 g/mol. The zero-order chi connectivity index (χ0) is 44.5. The van der Waals surface area contributed by atoms with Crippen molar-refractivity contribution >= 4 is 41.4 Å². The molecule has 2 fully saturated rings. The van der Waals surface area contributed by atoms with Crippen LogP contribution in [0.5, 0.6) is 11.5 Å². The molecule has 0 N–H and O–H groups in total. The van der Waals surface area contributed by atoms with Crippen molar-refractivity contribution in [2.75, 3.05) is 13.7 Å². The molecule has 0 aromatic heterocycles. The Labute approximate surface area is 388 Å². The zero-order valence-electron chi connectivity index (χ0n) is 38.0. The predicted molar refractivity (Wildman–Crippen MR) is 252 cm³/mol. The maximum absolute atomic E-state index is 14.7. The number of carbonyl (C=O) groups excluding carboxylic acids is 3. The summed E-state index contributed by atoms with van der Waals surface area (Å²) in [6.07, 6.45) is 17.4. The third kappa shape index (κ3) is 7.93. The van der Waals surface area contributed by atoms with Crippen LogP contribution in [0.25, 0.3) is 4.85 Å². The van der Waals surface area contributed by atoms with Gasteiger partial charge in [0.25, 0.3) is 5.70 Å². The summed E-state index contributed by atoms with van der Waals surface area (Å²) in [5, 5.41) is 0. The molecule has 8 nitrogen and oxygen atoms in total. The number of hydrogen-bond acceptors (Lipinski definition) is 9. The average molecular weight is 902 g/mol. The molecule has 2 saturated carbocycles. The number of thioether (sulfide) groups is 2. The molecule has 3 aromatic rings. The zero-order valence-corrected chi connectivity index (χ0v) is 39.6. The van der Waals surface area contributed by atoms with E-state index in [0.717, 1.165) is 62.5 Å². The van der Waals surface area contributed by atoms with Gasteiger partial charge in [-0.15, -0.1) is 0 Å². The van der Waals surface area contributed by atoms with Gasteiger partial charge < -0.3 is 18.9 Å². The molecule has 1 heterocycles. The Morgan fingerprint density at radius 1 is 0.719 bits per heavy atom. The van der Waals surface area contributed by atoms with Crippen molar-refractivity contribution in [1.82, 2.24) is 0 Å². The van der Waals surface area contributed by atoms with Gasteiger partial charge in [0.2, 0.25) is 0 Å². The van der Waals surface area contributed by atoms with E-state index in [1.54, 1.807) is 7.11 Å². The number of rotatable bonds is 17. The van der Waals surface area contributed by atoms with Crippen molar-refractivity contribution in [2.24, 2.45) is 23.7 Å². The third-order valence-corrected chi connectivity index (χ3v) is 18.1. The van der Waals surface area contributed by atoms with Gasteiger partial charge in [-0.2, -0.15) is 0 Å². The number of methoxy groups -OCH3 is 1. The minimum absolute atomic E-state index is 0.106. The average Bonchev–Trinajstić information content (AvgIpc) is 3.83. The molecule has 0 amide bonds.